The number of carbonyl (C=O) groups excluding carboxylic acids is 4. The van der Waals surface area contributed by atoms with Gasteiger partial charge < -0.3 is 14.8 Å². The van der Waals surface area contributed by atoms with E-state index in [2.05, 4.69) is 5.32 Å². The lowest BCUT2D eigenvalue weighted by Gasteiger charge is -2.14. The zero-order chi connectivity index (χ0) is 20.8. The molecule has 0 bridgehead atoms. The van der Waals surface area contributed by atoms with E-state index in [1.807, 2.05) is 24.3 Å². The number of esters is 1. The van der Waals surface area contributed by atoms with Gasteiger partial charge in [-0.1, -0.05) is 24.3 Å². The second kappa shape index (κ2) is 9.36. The van der Waals surface area contributed by atoms with Crippen LogP contribution in [0, 0.1) is 11.8 Å². The van der Waals surface area contributed by atoms with Crippen LogP contribution in [0.2, 0.25) is 0 Å². The topological polar surface area (TPSA) is 102 Å². The molecular formula is C21H24N2O6. The number of carbonyl (C=O) groups is 4. The van der Waals surface area contributed by atoms with Crippen LogP contribution in [0.25, 0.3) is 0 Å². The summed E-state index contributed by atoms with van der Waals surface area (Å²) in [6.45, 7) is -0.128. The quantitative estimate of drug-likeness (QED) is 0.400. The average molecular weight is 400 g/mol. The molecule has 1 aliphatic carbocycles. The van der Waals surface area contributed by atoms with E-state index >= 15 is 0 Å². The number of ether oxygens (including phenoxy) is 2. The van der Waals surface area contributed by atoms with Crippen molar-refractivity contribution in [2.24, 2.45) is 11.8 Å². The number of nitrogens with zero attached hydrogens (tertiary/aromatic N) is 1. The third-order valence-corrected chi connectivity index (χ3v) is 5.15. The molecular weight excluding hydrogens is 376 g/mol. The summed E-state index contributed by atoms with van der Waals surface area (Å²) < 4.78 is 10.0. The Labute approximate surface area is 168 Å². The zero-order valence-corrected chi connectivity index (χ0v) is 16.3. The van der Waals surface area contributed by atoms with E-state index < -0.39 is 18.5 Å². The Morgan fingerprint density at radius 2 is 1.69 bits per heavy atom. The second-order valence-corrected chi connectivity index (χ2v) is 7.02. The Hall–Kier alpha value is -3.16. The number of hydrogen-bond acceptors (Lipinski definition) is 6. The van der Waals surface area contributed by atoms with Gasteiger partial charge in [0.05, 0.1) is 25.4 Å². The lowest BCUT2D eigenvalue weighted by molar-refractivity contribution is -0.150. The minimum Gasteiger partial charge on any atom is -0.497 e. The predicted octanol–water partition coefficient (Wildman–Crippen LogP) is 1.20. The van der Waals surface area contributed by atoms with E-state index in [-0.39, 0.29) is 36.6 Å². The number of nitrogens with one attached hydrogen (secondary N) is 1. The van der Waals surface area contributed by atoms with Crippen LogP contribution in [0.4, 0.5) is 0 Å². The summed E-state index contributed by atoms with van der Waals surface area (Å²) in [6.07, 6.45) is 4.81. The lowest BCUT2D eigenvalue weighted by Crippen LogP contribution is -2.34. The van der Waals surface area contributed by atoms with Crippen LogP contribution in [-0.2, 0) is 30.5 Å². The fraction of sp³-hybridized carbons (Fsp3) is 0.429. The van der Waals surface area contributed by atoms with Crippen molar-refractivity contribution in [3.05, 3.63) is 42.0 Å². The fourth-order valence-corrected chi connectivity index (χ4v) is 3.51. The molecule has 1 N–H and O–H groups in total. The van der Waals surface area contributed by atoms with Gasteiger partial charge >= 0.3 is 5.97 Å². The third kappa shape index (κ3) is 5.01. The van der Waals surface area contributed by atoms with Gasteiger partial charge in [-0.25, -0.2) is 0 Å². The molecule has 1 aromatic carbocycles. The number of rotatable bonds is 8. The van der Waals surface area contributed by atoms with E-state index in [1.54, 1.807) is 19.2 Å². The number of benzene rings is 1. The van der Waals surface area contributed by atoms with E-state index in [1.165, 1.54) is 0 Å². The van der Waals surface area contributed by atoms with Crippen LogP contribution in [0.5, 0.6) is 5.75 Å². The molecule has 0 unspecified atom stereocenters. The summed E-state index contributed by atoms with van der Waals surface area (Å²) in [6, 6.07) is 7.22. The highest BCUT2D eigenvalue weighted by atomic mass is 16.5. The van der Waals surface area contributed by atoms with Gasteiger partial charge in [0, 0.05) is 13.1 Å². The molecule has 8 nitrogen and oxygen atoms in total. The summed E-state index contributed by atoms with van der Waals surface area (Å²) in [5.74, 6) is -1.42. The lowest BCUT2D eigenvalue weighted by atomic mass is 9.85. The van der Waals surface area contributed by atoms with Gasteiger partial charge in [0.25, 0.3) is 5.91 Å². The van der Waals surface area contributed by atoms with Crippen LogP contribution in [-0.4, -0.2) is 48.9 Å². The molecule has 1 fully saturated rings. The number of amides is 3. The maximum atomic E-state index is 12.3. The molecule has 1 aliphatic heterocycles. The van der Waals surface area contributed by atoms with Crippen molar-refractivity contribution in [2.75, 3.05) is 20.3 Å². The molecule has 2 aliphatic rings. The molecule has 2 atom stereocenters. The SMILES string of the molecule is COc1ccc(CNC(=O)COC(=O)CCN2C(=O)[C@H]3CC=CC[C@H]3C2=O)cc1. The molecule has 0 radical (unpaired) electrons. The molecule has 1 saturated heterocycles. The van der Waals surface area contributed by atoms with Crippen LogP contribution < -0.4 is 10.1 Å². The minimum absolute atomic E-state index is 0.0169. The van der Waals surface area contributed by atoms with Gasteiger partial charge in [-0.2, -0.15) is 0 Å². The van der Waals surface area contributed by atoms with Crippen LogP contribution >= 0.6 is 0 Å². The van der Waals surface area contributed by atoms with Crippen molar-refractivity contribution in [1.29, 1.82) is 0 Å². The molecule has 8 heteroatoms. The number of allylic oxidation sites excluding steroid dienone is 2. The highest BCUT2D eigenvalue weighted by Crippen LogP contribution is 2.34. The van der Waals surface area contributed by atoms with Crippen LogP contribution in [0.3, 0.4) is 0 Å². The van der Waals surface area contributed by atoms with Crippen molar-refractivity contribution in [3.63, 3.8) is 0 Å². The van der Waals surface area contributed by atoms with Gasteiger partial charge in [0.1, 0.15) is 5.75 Å². The molecule has 1 heterocycles. The predicted molar refractivity (Wildman–Crippen MR) is 102 cm³/mol. The van der Waals surface area contributed by atoms with Crippen molar-refractivity contribution in [2.45, 2.75) is 25.8 Å². The van der Waals surface area contributed by atoms with Gasteiger partial charge in [-0.05, 0) is 30.5 Å². The number of fused-ring (bicyclic) bond motifs is 1. The van der Waals surface area contributed by atoms with Crippen LogP contribution in [0.15, 0.2) is 36.4 Å². The summed E-state index contributed by atoms with van der Waals surface area (Å²) in [4.78, 5) is 49.6. The number of imide groups is 1. The van der Waals surface area contributed by atoms with Crippen molar-refractivity contribution in [1.82, 2.24) is 10.2 Å². The Morgan fingerprint density at radius 3 is 2.28 bits per heavy atom. The zero-order valence-electron chi connectivity index (χ0n) is 16.3. The highest BCUT2D eigenvalue weighted by Gasteiger charge is 2.46. The normalized spacial score (nSPS) is 20.4. The Bertz CT molecular complexity index is 791. The third-order valence-electron chi connectivity index (χ3n) is 5.15. The molecule has 0 aromatic heterocycles. The minimum atomic E-state index is -0.627. The summed E-state index contributed by atoms with van der Waals surface area (Å²) in [7, 11) is 1.57. The maximum absolute atomic E-state index is 12.3. The second-order valence-electron chi connectivity index (χ2n) is 7.02. The van der Waals surface area contributed by atoms with Gasteiger partial charge in [0.2, 0.25) is 11.8 Å². The largest absolute Gasteiger partial charge is 0.497 e. The summed E-state index contributed by atoms with van der Waals surface area (Å²) in [5.41, 5.74) is 0.882. The molecule has 29 heavy (non-hydrogen) atoms. The first-order chi connectivity index (χ1) is 14.0. The first-order valence-corrected chi connectivity index (χ1v) is 9.55. The monoisotopic (exact) mass is 400 g/mol. The fourth-order valence-electron chi connectivity index (χ4n) is 3.51. The average Bonchev–Trinajstić information content (AvgIpc) is 2.99. The maximum Gasteiger partial charge on any atom is 0.308 e. The van der Waals surface area contributed by atoms with Crippen molar-refractivity contribution >= 4 is 23.7 Å². The van der Waals surface area contributed by atoms with Crippen molar-refractivity contribution in [3.8, 4) is 5.75 Å². The Kier molecular flexibility index (Phi) is 6.64. The Balaban J connectivity index is 1.37. The Morgan fingerprint density at radius 1 is 1.07 bits per heavy atom. The molecule has 1 aromatic rings. The van der Waals surface area contributed by atoms with E-state index in [4.69, 9.17) is 9.47 Å². The molecule has 3 rings (SSSR count). The van der Waals surface area contributed by atoms with Gasteiger partial charge in [-0.3, -0.25) is 24.1 Å². The standard InChI is InChI=1S/C21H24N2O6/c1-28-15-8-6-14(7-9-15)12-22-18(24)13-29-19(25)10-11-23-20(26)16-4-2-3-5-17(16)21(23)27/h2-3,6-9,16-17H,4-5,10-13H2,1H3,(H,22,24)/t16-,17+. The molecule has 0 spiro atoms. The van der Waals surface area contributed by atoms with Crippen molar-refractivity contribution < 1.29 is 28.7 Å². The van der Waals surface area contributed by atoms with Gasteiger partial charge in [-0.15, -0.1) is 0 Å². The number of hydrogen-bond donors (Lipinski definition) is 1. The molecule has 154 valence electrons. The first kappa shape index (κ1) is 20.6. The highest BCUT2D eigenvalue weighted by molar-refractivity contribution is 6.05. The molecule has 3 amide bonds. The smallest absolute Gasteiger partial charge is 0.308 e. The first-order valence-electron chi connectivity index (χ1n) is 9.55. The number of likely N-dealkylation sites (tertiary alicyclic amines) is 1. The van der Waals surface area contributed by atoms with E-state index in [0.717, 1.165) is 16.2 Å². The number of methoxy groups -OCH3 is 1. The van der Waals surface area contributed by atoms with Crippen LogP contribution in [0.1, 0.15) is 24.8 Å². The molecule has 0 saturated carbocycles. The van der Waals surface area contributed by atoms with E-state index in [9.17, 15) is 19.2 Å². The summed E-state index contributed by atoms with van der Waals surface area (Å²) in [5, 5.41) is 2.65. The van der Waals surface area contributed by atoms with E-state index in [0.29, 0.717) is 19.4 Å². The van der Waals surface area contributed by atoms with Gasteiger partial charge in [0.15, 0.2) is 6.61 Å². The summed E-state index contributed by atoms with van der Waals surface area (Å²) >= 11 is 0.